The summed E-state index contributed by atoms with van der Waals surface area (Å²) >= 11 is 8.81. The van der Waals surface area contributed by atoms with E-state index in [9.17, 15) is 19.0 Å². The molecule has 0 amide bonds. The Morgan fingerprint density at radius 2 is 1.74 bits per heavy atom. The quantitative estimate of drug-likeness (QED) is 0.105. The van der Waals surface area contributed by atoms with E-state index in [1.54, 1.807) is 0 Å². The number of nitrogen functional groups attached to an aromatic ring is 1. The average Bonchev–Trinajstić information content (AvgIpc) is 3.75. The van der Waals surface area contributed by atoms with Crippen molar-refractivity contribution < 1.29 is 46.0 Å². The second kappa shape index (κ2) is 13.0. The summed E-state index contributed by atoms with van der Waals surface area (Å²) in [5, 5.41) is 0. The first-order valence-electron chi connectivity index (χ1n) is 13.1. The monoisotopic (exact) mass is 726 g/mol. The van der Waals surface area contributed by atoms with Crippen LogP contribution in [0.2, 0.25) is 0 Å². The summed E-state index contributed by atoms with van der Waals surface area (Å²) in [6.45, 7) is -5.49. The maximum Gasteiger partial charge on any atom is 0.582 e. The van der Waals surface area contributed by atoms with E-state index >= 15 is 8.78 Å². The number of alkyl halides is 2. The molecule has 5 N–H and O–H groups in total. The van der Waals surface area contributed by atoms with Crippen LogP contribution in [-0.2, 0) is 44.2 Å². The predicted octanol–water partition coefficient (Wildman–Crippen LogP) is 0.543. The van der Waals surface area contributed by atoms with E-state index in [0.29, 0.717) is 0 Å². The number of nitrogens with zero attached hydrogens (tertiary/aromatic N) is 6. The van der Waals surface area contributed by atoms with E-state index in [-0.39, 0.29) is 28.3 Å². The van der Waals surface area contributed by atoms with Crippen LogP contribution in [0.1, 0.15) is 12.5 Å². The number of nitrogens with two attached hydrogens (primary N) is 1. The number of methoxy groups -OCH3 is 1. The van der Waals surface area contributed by atoms with Gasteiger partial charge in [0.25, 0.3) is 11.1 Å². The van der Waals surface area contributed by atoms with Crippen molar-refractivity contribution >= 4 is 66.3 Å². The molecule has 2 aliphatic heterocycles. The van der Waals surface area contributed by atoms with Gasteiger partial charge in [0, 0.05) is 7.11 Å². The van der Waals surface area contributed by atoms with E-state index < -0.39 is 87.5 Å². The van der Waals surface area contributed by atoms with Crippen molar-refractivity contribution in [1.29, 1.82) is 0 Å². The molecule has 0 radical (unpaired) electrons. The van der Waals surface area contributed by atoms with Crippen molar-refractivity contribution in [2.45, 2.75) is 49.2 Å². The smallest absolute Gasteiger partial charge is 0.375 e. The van der Waals surface area contributed by atoms with E-state index in [1.165, 1.54) is 18.0 Å². The fourth-order valence-corrected chi connectivity index (χ4v) is 7.05. The minimum Gasteiger partial charge on any atom is -0.375 e. The van der Waals surface area contributed by atoms with Gasteiger partial charge in [-0.3, -0.25) is 28.2 Å². The minimum absolute atomic E-state index is 0.0431. The minimum atomic E-state index is -4.38. The molecule has 0 spiro atoms. The van der Waals surface area contributed by atoms with Crippen LogP contribution in [-0.4, -0.2) is 101 Å². The van der Waals surface area contributed by atoms with Gasteiger partial charge in [0.1, 0.15) is 43.3 Å². The first kappa shape index (κ1) is 33.1. The summed E-state index contributed by atoms with van der Waals surface area (Å²) in [5.74, 6) is -0.269. The van der Waals surface area contributed by atoms with Crippen LogP contribution in [0.25, 0.3) is 22.3 Å². The Balaban J connectivity index is 1.22. The van der Waals surface area contributed by atoms with Gasteiger partial charge in [-0.1, -0.05) is 0 Å². The zero-order valence-electron chi connectivity index (χ0n) is 23.2. The molecule has 6 heterocycles. The zero-order chi connectivity index (χ0) is 32.9. The Bertz CT molecular complexity index is 1950. The normalized spacial score (nSPS) is 29.9. The molecule has 10 atom stereocenters. The fraction of sp³-hybridized carbons (Fsp3) is 0.524. The summed E-state index contributed by atoms with van der Waals surface area (Å²) in [4.78, 5) is 56.0. The lowest BCUT2D eigenvalue weighted by atomic mass is 10.1. The maximum absolute atomic E-state index is 15.8. The van der Waals surface area contributed by atoms with E-state index in [2.05, 4.69) is 42.2 Å². The molecule has 0 aliphatic carbocycles. The van der Waals surface area contributed by atoms with Gasteiger partial charge in [-0.2, -0.15) is 4.98 Å². The summed E-state index contributed by atoms with van der Waals surface area (Å²) < 4.78 is 77.9. The predicted molar refractivity (Wildman–Crippen MR) is 159 cm³/mol. The highest BCUT2D eigenvalue weighted by Crippen LogP contribution is 2.51. The van der Waals surface area contributed by atoms with Gasteiger partial charge in [-0.05, 0) is 16.4 Å². The molecule has 2 saturated heterocycles. The molecular formula is C21H24F2N9O10P2S2+. The molecule has 2 unspecified atom stereocenters. The molecular weight excluding hydrogens is 702 g/mol. The molecule has 19 nitrogen and oxygen atoms in total. The van der Waals surface area contributed by atoms with Gasteiger partial charge in [-0.25, -0.2) is 23.7 Å². The molecule has 6 rings (SSSR count). The van der Waals surface area contributed by atoms with E-state index in [0.717, 1.165) is 17.2 Å². The molecule has 2 aliphatic rings. The van der Waals surface area contributed by atoms with Crippen LogP contribution in [0.3, 0.4) is 0 Å². The van der Waals surface area contributed by atoms with Crippen LogP contribution < -0.4 is 16.9 Å². The molecule has 0 aromatic carbocycles. The number of hydrogen-bond donors (Lipinski definition) is 5. The third kappa shape index (κ3) is 6.24. The molecule has 46 heavy (non-hydrogen) atoms. The number of aromatic nitrogens is 8. The van der Waals surface area contributed by atoms with E-state index in [4.69, 9.17) is 45.3 Å². The summed E-state index contributed by atoms with van der Waals surface area (Å²) in [5.41, 5.74) is 4.19. The second-order valence-electron chi connectivity index (χ2n) is 9.92. The SMILES string of the molecule is CO[C@H]1[C@H](F)[C@H](n2cnc3c(=O)[nH]cnc32)O[C@@H]1COP(O)(=S)O[C@@H]1[C@H](F)[C@@H](CO[P+](=O)S)O[C@H]1n1cnc2c(=O)[nH]c(N)nc21. The van der Waals surface area contributed by atoms with Crippen molar-refractivity contribution in [2.24, 2.45) is 0 Å². The second-order valence-corrected chi connectivity index (χ2v) is 14.4. The Morgan fingerprint density at radius 1 is 1.07 bits per heavy atom. The van der Waals surface area contributed by atoms with Crippen LogP contribution in [0.4, 0.5) is 14.7 Å². The van der Waals surface area contributed by atoms with Crippen molar-refractivity contribution in [3.05, 3.63) is 39.7 Å². The number of aromatic amines is 2. The van der Waals surface area contributed by atoms with E-state index in [1.807, 2.05) is 0 Å². The number of hydrogen-bond acceptors (Lipinski definition) is 15. The number of anilines is 1. The lowest BCUT2D eigenvalue weighted by molar-refractivity contribution is -0.0572. The van der Waals surface area contributed by atoms with Crippen LogP contribution in [0.15, 0.2) is 28.6 Å². The number of imidazole rings is 2. The van der Waals surface area contributed by atoms with Crippen molar-refractivity contribution in [3.63, 3.8) is 0 Å². The lowest BCUT2D eigenvalue weighted by Crippen LogP contribution is -2.34. The van der Waals surface area contributed by atoms with Gasteiger partial charge in [-0.15, -0.1) is 4.52 Å². The van der Waals surface area contributed by atoms with Crippen molar-refractivity contribution in [1.82, 2.24) is 39.0 Å². The molecule has 4 aromatic heterocycles. The summed E-state index contributed by atoms with van der Waals surface area (Å²) in [6.07, 6.45) is -8.82. The van der Waals surface area contributed by atoms with Gasteiger partial charge < -0.3 is 34.3 Å². The zero-order valence-corrected chi connectivity index (χ0v) is 26.7. The largest absolute Gasteiger partial charge is 0.582 e. The van der Waals surface area contributed by atoms with Crippen LogP contribution in [0.5, 0.6) is 0 Å². The Labute approximate surface area is 266 Å². The van der Waals surface area contributed by atoms with Crippen molar-refractivity contribution in [3.8, 4) is 0 Å². The maximum atomic E-state index is 15.8. The third-order valence-electron chi connectivity index (χ3n) is 7.17. The van der Waals surface area contributed by atoms with Crippen molar-refractivity contribution in [2.75, 3.05) is 26.1 Å². The summed E-state index contributed by atoms with van der Waals surface area (Å²) in [6, 6.07) is 0. The average molecular weight is 727 g/mol. The van der Waals surface area contributed by atoms with Crippen LogP contribution >= 0.6 is 26.2 Å². The number of H-pyrrole nitrogens is 2. The number of fused-ring (bicyclic) bond motifs is 2. The Morgan fingerprint density at radius 3 is 2.43 bits per heavy atom. The topological polar surface area (TPSA) is 246 Å². The van der Waals surface area contributed by atoms with Gasteiger partial charge in [0.05, 0.1) is 25.6 Å². The molecule has 0 bridgehead atoms. The highest BCUT2D eigenvalue weighted by molar-refractivity contribution is 8.39. The van der Waals surface area contributed by atoms with Gasteiger partial charge >= 0.3 is 13.9 Å². The number of thiol groups is 1. The molecule has 2 fully saturated rings. The Kier molecular flexibility index (Phi) is 9.35. The van der Waals surface area contributed by atoms with Crippen LogP contribution in [0, 0.1) is 0 Å². The number of ether oxygens (including phenoxy) is 3. The van der Waals surface area contributed by atoms with Gasteiger partial charge in [0.15, 0.2) is 47.1 Å². The summed E-state index contributed by atoms with van der Waals surface area (Å²) in [7, 11) is -1.20. The Hall–Kier alpha value is -2.82. The standard InChI is InChI=1S/C21H23F2N9O10P2S2/c1-37-13-8(41-19(10(13)23)31-5-27-11-15(31)25-4-26-17(11)33)3-39-44(36,46)42-14-9(22)7(2-38-43(35)45)40-20(14)32-6-28-12-16(32)29-21(24)30-18(12)34/h4-10,13-14,19-20H,2-3H2,1H3,(H5-,24,25,26,29,30,33,34,35,36,45,46)/p+1/t7-,8-,9-,10+,13-,14-,19-,20-,44?/m1/s1. The first-order chi connectivity index (χ1) is 21.9. The number of halogens is 2. The third-order valence-corrected chi connectivity index (χ3v) is 9.45. The molecule has 25 heteroatoms. The molecule has 248 valence electrons. The first-order valence-corrected chi connectivity index (χ1v) is 18.0. The number of nitrogens with one attached hydrogen (secondary N) is 2. The highest BCUT2D eigenvalue weighted by atomic mass is 32.7. The number of rotatable bonds is 11. The highest BCUT2D eigenvalue weighted by Gasteiger charge is 2.52. The molecule has 0 saturated carbocycles. The van der Waals surface area contributed by atoms with Gasteiger partial charge in [0.2, 0.25) is 5.95 Å². The fourth-order valence-electron chi connectivity index (χ4n) is 5.17. The molecule has 4 aromatic rings. The lowest BCUT2D eigenvalue weighted by Gasteiger charge is -2.26.